The number of hydrogen-bond acceptors (Lipinski definition) is 3. The Hall–Kier alpha value is -2.60. The summed E-state index contributed by atoms with van der Waals surface area (Å²) >= 11 is 1.64. The molecule has 3 heterocycles. The Kier molecular flexibility index (Phi) is 5.58. The number of nitrogens with one attached hydrogen (secondary N) is 1. The zero-order valence-corrected chi connectivity index (χ0v) is 19.7. The highest BCUT2D eigenvalue weighted by atomic mass is 32.1. The number of rotatable bonds is 5. The molecule has 6 heteroatoms. The zero-order valence-electron chi connectivity index (χ0n) is 18.8. The topological polar surface area (TPSA) is 54.3 Å². The molecule has 1 N–H and O–H groups in total. The van der Waals surface area contributed by atoms with Crippen LogP contribution in [0, 0.1) is 0 Å². The summed E-state index contributed by atoms with van der Waals surface area (Å²) in [5.41, 5.74) is 1.98. The number of benzene rings is 1. The molecule has 1 aliphatic carbocycles. The molecule has 0 spiro atoms. The summed E-state index contributed by atoms with van der Waals surface area (Å²) < 4.78 is 3.15. The van der Waals surface area contributed by atoms with Crippen molar-refractivity contribution in [1.29, 1.82) is 0 Å². The van der Waals surface area contributed by atoms with E-state index in [0.717, 1.165) is 35.9 Å². The van der Waals surface area contributed by atoms with Crippen LogP contribution in [0.1, 0.15) is 67.9 Å². The number of thiophene rings is 1. The lowest BCUT2D eigenvalue weighted by Crippen LogP contribution is -2.65. The van der Waals surface area contributed by atoms with Gasteiger partial charge in [-0.2, -0.15) is 0 Å². The van der Waals surface area contributed by atoms with Crippen molar-refractivity contribution < 1.29 is 9.59 Å². The van der Waals surface area contributed by atoms with Gasteiger partial charge < -0.3 is 14.8 Å². The Morgan fingerprint density at radius 2 is 1.94 bits per heavy atom. The van der Waals surface area contributed by atoms with E-state index in [1.165, 1.54) is 12.0 Å². The summed E-state index contributed by atoms with van der Waals surface area (Å²) in [6, 6.07) is 14.5. The maximum atomic E-state index is 13.8. The third-order valence-corrected chi connectivity index (χ3v) is 8.16. The minimum atomic E-state index is -0.932. The van der Waals surface area contributed by atoms with Crippen molar-refractivity contribution >= 4 is 33.4 Å². The fourth-order valence-corrected chi connectivity index (χ4v) is 6.13. The SMILES string of the molecule is CC(CN1C(=O)c2cc3sccc3n2C[C@]1(C)C(=O)NC1CCCCC1)c1ccccc1. The summed E-state index contributed by atoms with van der Waals surface area (Å²) in [7, 11) is 0. The molecule has 0 radical (unpaired) electrons. The first-order chi connectivity index (χ1) is 15.5. The first-order valence-electron chi connectivity index (χ1n) is 11.7. The van der Waals surface area contributed by atoms with E-state index in [-0.39, 0.29) is 23.8 Å². The van der Waals surface area contributed by atoms with Gasteiger partial charge in [0, 0.05) is 12.6 Å². The lowest BCUT2D eigenvalue weighted by atomic mass is 9.89. The normalized spacial score (nSPS) is 22.7. The molecule has 2 amide bonds. The van der Waals surface area contributed by atoms with Gasteiger partial charge in [0.05, 0.1) is 16.8 Å². The summed E-state index contributed by atoms with van der Waals surface area (Å²) in [6.07, 6.45) is 5.62. The highest BCUT2D eigenvalue weighted by molar-refractivity contribution is 7.17. The van der Waals surface area contributed by atoms with Crippen LogP contribution < -0.4 is 5.32 Å². The molecular formula is C26H31N3O2S. The molecule has 5 nitrogen and oxygen atoms in total. The van der Waals surface area contributed by atoms with E-state index in [0.29, 0.717) is 18.8 Å². The van der Waals surface area contributed by atoms with Gasteiger partial charge in [0.15, 0.2) is 0 Å². The second-order valence-corrected chi connectivity index (χ2v) is 10.5. The van der Waals surface area contributed by atoms with E-state index in [9.17, 15) is 9.59 Å². The van der Waals surface area contributed by atoms with Crippen LogP contribution in [0.2, 0.25) is 0 Å². The molecule has 2 aromatic heterocycles. The summed E-state index contributed by atoms with van der Waals surface area (Å²) in [5.74, 6) is 0.0500. The smallest absolute Gasteiger partial charge is 0.271 e. The van der Waals surface area contributed by atoms with Crippen molar-refractivity contribution in [3.8, 4) is 0 Å². The van der Waals surface area contributed by atoms with Crippen LogP contribution in [0.3, 0.4) is 0 Å². The highest BCUT2D eigenvalue weighted by Crippen LogP contribution is 2.36. The molecule has 32 heavy (non-hydrogen) atoms. The number of carbonyl (C=O) groups is 2. The van der Waals surface area contributed by atoms with Crippen molar-refractivity contribution in [3.05, 3.63) is 59.1 Å². The van der Waals surface area contributed by atoms with Gasteiger partial charge in [-0.1, -0.05) is 56.5 Å². The molecule has 3 aromatic rings. The van der Waals surface area contributed by atoms with Crippen LogP contribution in [-0.4, -0.2) is 39.4 Å². The summed E-state index contributed by atoms with van der Waals surface area (Å²) in [5, 5.41) is 5.36. The Morgan fingerprint density at radius 3 is 2.69 bits per heavy atom. The number of nitrogens with zero attached hydrogens (tertiary/aromatic N) is 2. The van der Waals surface area contributed by atoms with Gasteiger partial charge in [0.1, 0.15) is 11.2 Å². The lowest BCUT2D eigenvalue weighted by molar-refractivity contribution is -0.133. The van der Waals surface area contributed by atoms with Crippen LogP contribution in [0.4, 0.5) is 0 Å². The predicted octanol–water partition coefficient (Wildman–Crippen LogP) is 5.17. The second-order valence-electron chi connectivity index (χ2n) is 9.60. The molecule has 168 valence electrons. The monoisotopic (exact) mass is 449 g/mol. The fourth-order valence-electron chi connectivity index (χ4n) is 5.31. The standard InChI is InChI=1S/C26H31N3O2S/c1-18(19-9-5-3-6-10-19)16-29-24(30)22-15-23-21(13-14-32-23)28(22)17-26(29,2)25(31)27-20-11-7-4-8-12-20/h3,5-6,9-10,13-15,18,20H,4,7-8,11-12,16-17H2,1-2H3,(H,27,31)/t18?,26-/m1/s1. The number of aromatic nitrogens is 1. The molecule has 1 unspecified atom stereocenters. The molecule has 0 saturated heterocycles. The Balaban J connectivity index is 1.50. The molecule has 2 aliphatic rings. The van der Waals surface area contributed by atoms with Crippen molar-refractivity contribution in [2.45, 2.75) is 70.0 Å². The van der Waals surface area contributed by atoms with Gasteiger partial charge in [0.25, 0.3) is 5.91 Å². The fraction of sp³-hybridized carbons (Fsp3) is 0.462. The maximum absolute atomic E-state index is 13.8. The Morgan fingerprint density at radius 1 is 1.19 bits per heavy atom. The van der Waals surface area contributed by atoms with Gasteiger partial charge in [0.2, 0.25) is 5.91 Å². The van der Waals surface area contributed by atoms with Crippen LogP contribution in [0.25, 0.3) is 10.2 Å². The molecular weight excluding hydrogens is 418 g/mol. The predicted molar refractivity (Wildman–Crippen MR) is 129 cm³/mol. The largest absolute Gasteiger partial charge is 0.351 e. The van der Waals surface area contributed by atoms with Crippen LogP contribution in [0.5, 0.6) is 0 Å². The van der Waals surface area contributed by atoms with Gasteiger partial charge in [-0.05, 0) is 48.8 Å². The minimum absolute atomic E-state index is 0.0271. The number of fused-ring (bicyclic) bond motifs is 3. The number of hydrogen-bond donors (Lipinski definition) is 1. The molecule has 1 aliphatic heterocycles. The average Bonchev–Trinajstić information content (AvgIpc) is 3.40. The van der Waals surface area contributed by atoms with E-state index in [1.807, 2.05) is 41.5 Å². The molecule has 1 saturated carbocycles. The summed E-state index contributed by atoms with van der Waals surface area (Å²) in [6.45, 7) is 5.07. The quantitative estimate of drug-likeness (QED) is 0.584. The molecule has 1 aromatic carbocycles. The highest BCUT2D eigenvalue weighted by Gasteiger charge is 2.48. The molecule has 2 atom stereocenters. The Labute approximate surface area is 193 Å². The van der Waals surface area contributed by atoms with Crippen LogP contribution in [0.15, 0.2) is 47.8 Å². The van der Waals surface area contributed by atoms with E-state index in [1.54, 1.807) is 11.3 Å². The van der Waals surface area contributed by atoms with Crippen LogP contribution >= 0.6 is 11.3 Å². The van der Waals surface area contributed by atoms with Gasteiger partial charge >= 0.3 is 0 Å². The van der Waals surface area contributed by atoms with Gasteiger partial charge in [-0.15, -0.1) is 11.3 Å². The van der Waals surface area contributed by atoms with E-state index in [2.05, 4.69) is 35.0 Å². The van der Waals surface area contributed by atoms with Gasteiger partial charge in [-0.25, -0.2) is 0 Å². The van der Waals surface area contributed by atoms with E-state index < -0.39 is 5.54 Å². The average molecular weight is 450 g/mol. The van der Waals surface area contributed by atoms with Crippen LogP contribution in [-0.2, 0) is 11.3 Å². The van der Waals surface area contributed by atoms with E-state index in [4.69, 9.17) is 0 Å². The van der Waals surface area contributed by atoms with Crippen molar-refractivity contribution in [3.63, 3.8) is 0 Å². The number of carbonyl (C=O) groups excluding carboxylic acids is 2. The Bertz CT molecular complexity index is 1130. The maximum Gasteiger partial charge on any atom is 0.271 e. The van der Waals surface area contributed by atoms with Gasteiger partial charge in [-0.3, -0.25) is 9.59 Å². The first kappa shape index (κ1) is 21.3. The molecule has 1 fully saturated rings. The van der Waals surface area contributed by atoms with Crippen molar-refractivity contribution in [2.75, 3.05) is 6.54 Å². The first-order valence-corrected chi connectivity index (χ1v) is 12.6. The lowest BCUT2D eigenvalue weighted by Gasteiger charge is -2.45. The summed E-state index contributed by atoms with van der Waals surface area (Å²) in [4.78, 5) is 29.4. The third-order valence-electron chi connectivity index (χ3n) is 7.30. The van der Waals surface area contributed by atoms with Crippen molar-refractivity contribution in [1.82, 2.24) is 14.8 Å². The van der Waals surface area contributed by atoms with Crippen molar-refractivity contribution in [2.24, 2.45) is 0 Å². The minimum Gasteiger partial charge on any atom is -0.351 e. The number of amides is 2. The zero-order chi connectivity index (χ0) is 22.3. The third kappa shape index (κ3) is 3.64. The molecule has 0 bridgehead atoms. The van der Waals surface area contributed by atoms with E-state index >= 15 is 0 Å². The molecule has 5 rings (SSSR count). The second kappa shape index (κ2) is 8.39.